The third-order valence-corrected chi connectivity index (χ3v) is 4.04. The molecule has 1 fully saturated rings. The Kier molecular flexibility index (Phi) is 4.77. The molecule has 0 saturated heterocycles. The van der Waals surface area contributed by atoms with Gasteiger partial charge in [0.2, 0.25) is 5.91 Å². The number of carboxylic acids is 1. The molecular weight excluding hydrogens is 254 g/mol. The van der Waals surface area contributed by atoms with Crippen LogP contribution in [0.3, 0.4) is 0 Å². The van der Waals surface area contributed by atoms with Gasteiger partial charge in [-0.15, -0.1) is 0 Å². The third kappa shape index (κ3) is 3.38. The van der Waals surface area contributed by atoms with Crippen LogP contribution in [0.4, 0.5) is 5.69 Å². The van der Waals surface area contributed by atoms with Gasteiger partial charge >= 0.3 is 0 Å². The van der Waals surface area contributed by atoms with Crippen molar-refractivity contribution in [2.75, 3.05) is 5.32 Å². The van der Waals surface area contributed by atoms with E-state index in [4.69, 9.17) is 0 Å². The maximum Gasteiger partial charge on any atom is 0.228 e. The van der Waals surface area contributed by atoms with Crippen molar-refractivity contribution in [1.29, 1.82) is 0 Å². The SMILES string of the molecule is CCc1ccc(NC(=O)[C@H]2CCCC[C@@H]2C(=O)[O-])cc1. The Bertz CT molecular complexity index is 481. The predicted molar refractivity (Wildman–Crippen MR) is 74.9 cm³/mol. The standard InChI is InChI=1S/C16H21NO3/c1-2-11-7-9-12(10-8-11)17-15(18)13-5-3-4-6-14(13)16(19)20/h7-10,13-14H,2-6H2,1H3,(H,17,18)(H,19,20)/p-1/t13-,14-/m0/s1. The van der Waals surface area contributed by atoms with Crippen LogP contribution >= 0.6 is 0 Å². The molecule has 0 unspecified atom stereocenters. The summed E-state index contributed by atoms with van der Waals surface area (Å²) in [6.45, 7) is 2.07. The first-order valence-corrected chi connectivity index (χ1v) is 7.22. The van der Waals surface area contributed by atoms with Crippen LogP contribution in [0.1, 0.15) is 38.2 Å². The zero-order valence-electron chi connectivity index (χ0n) is 11.7. The summed E-state index contributed by atoms with van der Waals surface area (Å²) in [6, 6.07) is 7.64. The summed E-state index contributed by atoms with van der Waals surface area (Å²) in [4.78, 5) is 23.3. The van der Waals surface area contributed by atoms with E-state index in [1.165, 1.54) is 5.56 Å². The molecule has 1 aliphatic carbocycles. The number of aryl methyl sites for hydroxylation is 1. The van der Waals surface area contributed by atoms with E-state index in [0.717, 1.165) is 24.9 Å². The second-order valence-electron chi connectivity index (χ2n) is 5.36. The topological polar surface area (TPSA) is 69.2 Å². The highest BCUT2D eigenvalue weighted by molar-refractivity contribution is 5.95. The summed E-state index contributed by atoms with van der Waals surface area (Å²) in [7, 11) is 0. The Morgan fingerprint density at radius 3 is 2.30 bits per heavy atom. The molecule has 4 nitrogen and oxygen atoms in total. The van der Waals surface area contributed by atoms with Gasteiger partial charge in [-0.25, -0.2) is 0 Å². The van der Waals surface area contributed by atoms with Gasteiger partial charge in [0.15, 0.2) is 0 Å². The minimum atomic E-state index is -1.11. The summed E-state index contributed by atoms with van der Waals surface area (Å²) >= 11 is 0. The third-order valence-electron chi connectivity index (χ3n) is 4.04. The zero-order valence-corrected chi connectivity index (χ0v) is 11.7. The van der Waals surface area contributed by atoms with Gasteiger partial charge < -0.3 is 15.2 Å². The number of rotatable bonds is 4. The first-order valence-electron chi connectivity index (χ1n) is 7.22. The van der Waals surface area contributed by atoms with Crippen molar-refractivity contribution in [3.8, 4) is 0 Å². The van der Waals surface area contributed by atoms with Crippen LogP contribution in [-0.4, -0.2) is 11.9 Å². The lowest BCUT2D eigenvalue weighted by Gasteiger charge is -2.31. The molecule has 0 aromatic heterocycles. The number of carboxylic acid groups (broad SMARTS) is 1. The van der Waals surface area contributed by atoms with Gasteiger partial charge in [-0.3, -0.25) is 4.79 Å². The maximum atomic E-state index is 12.2. The highest BCUT2D eigenvalue weighted by atomic mass is 16.4. The minimum absolute atomic E-state index is 0.205. The van der Waals surface area contributed by atoms with E-state index < -0.39 is 17.8 Å². The molecule has 0 aliphatic heterocycles. The van der Waals surface area contributed by atoms with Crippen LogP contribution in [0, 0.1) is 11.8 Å². The smallest absolute Gasteiger partial charge is 0.228 e. The average Bonchev–Trinajstić information content (AvgIpc) is 2.48. The molecule has 1 aromatic carbocycles. The van der Waals surface area contributed by atoms with Gasteiger partial charge in [0.1, 0.15) is 0 Å². The van der Waals surface area contributed by atoms with E-state index in [1.54, 1.807) is 0 Å². The van der Waals surface area contributed by atoms with Crippen molar-refractivity contribution in [2.24, 2.45) is 11.8 Å². The monoisotopic (exact) mass is 274 g/mol. The lowest BCUT2D eigenvalue weighted by molar-refractivity contribution is -0.313. The largest absolute Gasteiger partial charge is 0.550 e. The van der Waals surface area contributed by atoms with Gasteiger partial charge in [0.05, 0.1) is 0 Å². The Morgan fingerprint density at radius 1 is 1.15 bits per heavy atom. The maximum absolute atomic E-state index is 12.2. The van der Waals surface area contributed by atoms with E-state index in [0.29, 0.717) is 12.8 Å². The van der Waals surface area contributed by atoms with Crippen molar-refractivity contribution in [1.82, 2.24) is 0 Å². The molecule has 20 heavy (non-hydrogen) atoms. The molecule has 1 amide bonds. The highest BCUT2D eigenvalue weighted by Crippen LogP contribution is 2.30. The van der Waals surface area contributed by atoms with E-state index in [1.807, 2.05) is 24.3 Å². The number of benzene rings is 1. The van der Waals surface area contributed by atoms with Crippen LogP contribution in [0.15, 0.2) is 24.3 Å². The summed E-state index contributed by atoms with van der Waals surface area (Å²) in [5, 5.41) is 13.9. The number of nitrogens with one attached hydrogen (secondary N) is 1. The summed E-state index contributed by atoms with van der Waals surface area (Å²) < 4.78 is 0. The Hall–Kier alpha value is -1.84. The van der Waals surface area contributed by atoms with E-state index in [-0.39, 0.29) is 5.91 Å². The predicted octanol–water partition coefficient (Wildman–Crippen LogP) is 1.74. The number of anilines is 1. The molecule has 2 atom stereocenters. The van der Waals surface area contributed by atoms with E-state index in [2.05, 4.69) is 12.2 Å². The lowest BCUT2D eigenvalue weighted by Crippen LogP contribution is -2.42. The fourth-order valence-electron chi connectivity index (χ4n) is 2.79. The van der Waals surface area contributed by atoms with Gasteiger partial charge in [-0.2, -0.15) is 0 Å². The van der Waals surface area contributed by atoms with Gasteiger partial charge in [0, 0.05) is 23.5 Å². The molecule has 4 heteroatoms. The zero-order chi connectivity index (χ0) is 14.5. The van der Waals surface area contributed by atoms with Crippen LogP contribution < -0.4 is 10.4 Å². The second-order valence-corrected chi connectivity index (χ2v) is 5.36. The average molecular weight is 274 g/mol. The molecule has 0 heterocycles. The molecule has 1 N–H and O–H groups in total. The summed E-state index contributed by atoms with van der Waals surface area (Å²) in [5.41, 5.74) is 1.92. The fraction of sp³-hybridized carbons (Fsp3) is 0.500. The second kappa shape index (κ2) is 6.55. The number of aliphatic carboxylic acids is 1. The van der Waals surface area contributed by atoms with Crippen molar-refractivity contribution < 1.29 is 14.7 Å². The molecule has 0 bridgehead atoms. The van der Waals surface area contributed by atoms with Crippen LogP contribution in [-0.2, 0) is 16.0 Å². The first kappa shape index (κ1) is 14.6. The Balaban J connectivity index is 2.03. The molecule has 0 spiro atoms. The quantitative estimate of drug-likeness (QED) is 0.909. The summed E-state index contributed by atoms with van der Waals surface area (Å²) in [6.07, 6.45) is 3.86. The fourth-order valence-corrected chi connectivity index (χ4v) is 2.79. The number of amides is 1. The number of hydrogen-bond donors (Lipinski definition) is 1. The molecule has 1 saturated carbocycles. The van der Waals surface area contributed by atoms with Crippen LogP contribution in [0.25, 0.3) is 0 Å². The van der Waals surface area contributed by atoms with Crippen LogP contribution in [0.5, 0.6) is 0 Å². The highest BCUT2D eigenvalue weighted by Gasteiger charge is 2.31. The first-order chi connectivity index (χ1) is 9.61. The van der Waals surface area contributed by atoms with Crippen molar-refractivity contribution in [3.05, 3.63) is 29.8 Å². The van der Waals surface area contributed by atoms with Gasteiger partial charge in [0.25, 0.3) is 0 Å². The Labute approximate surface area is 119 Å². The van der Waals surface area contributed by atoms with E-state index >= 15 is 0 Å². The lowest BCUT2D eigenvalue weighted by atomic mass is 9.78. The summed E-state index contributed by atoms with van der Waals surface area (Å²) in [5.74, 6) is -2.44. The normalized spacial score (nSPS) is 22.2. The molecule has 108 valence electrons. The van der Waals surface area contributed by atoms with Gasteiger partial charge in [-0.05, 0) is 37.0 Å². The molecule has 0 radical (unpaired) electrons. The number of hydrogen-bond acceptors (Lipinski definition) is 3. The number of carbonyl (C=O) groups is 2. The van der Waals surface area contributed by atoms with Crippen LogP contribution in [0.2, 0.25) is 0 Å². The van der Waals surface area contributed by atoms with Crippen molar-refractivity contribution >= 4 is 17.6 Å². The minimum Gasteiger partial charge on any atom is -0.550 e. The van der Waals surface area contributed by atoms with E-state index in [9.17, 15) is 14.7 Å². The number of carbonyl (C=O) groups excluding carboxylic acids is 2. The van der Waals surface area contributed by atoms with Crippen molar-refractivity contribution in [3.63, 3.8) is 0 Å². The molecule has 1 aromatic rings. The molecule has 2 rings (SSSR count). The van der Waals surface area contributed by atoms with Crippen molar-refractivity contribution in [2.45, 2.75) is 39.0 Å². The molecule has 1 aliphatic rings. The van der Waals surface area contributed by atoms with Gasteiger partial charge in [-0.1, -0.05) is 31.9 Å². The Morgan fingerprint density at radius 2 is 1.75 bits per heavy atom. The molecular formula is C16H20NO3-.